The Balaban J connectivity index is 0.000000644. The molecule has 2 fully saturated rings. The van der Waals surface area contributed by atoms with Gasteiger partial charge in [-0.1, -0.05) is 43.2 Å². The minimum Gasteiger partial charge on any atom is -0.480 e. The van der Waals surface area contributed by atoms with Crippen LogP contribution in [0.1, 0.15) is 69.8 Å². The molecule has 0 aromatic heterocycles. The number of hydrogen-bond acceptors (Lipinski definition) is 12. The Bertz CT molecular complexity index is 1080. The Morgan fingerprint density at radius 3 is 1.71 bits per heavy atom. The van der Waals surface area contributed by atoms with Crippen LogP contribution in [0.2, 0.25) is 0 Å². The molecule has 274 valence electrons. The van der Waals surface area contributed by atoms with E-state index < -0.39 is 54.0 Å². The van der Waals surface area contributed by atoms with E-state index in [0.717, 1.165) is 50.6 Å². The molecule has 0 radical (unpaired) electrons. The van der Waals surface area contributed by atoms with E-state index in [9.17, 15) is 24.0 Å². The molecule has 1 unspecified atom stereocenters. The highest BCUT2D eigenvalue weighted by atomic mass is 16.4. The van der Waals surface area contributed by atoms with Crippen molar-refractivity contribution in [3.8, 4) is 0 Å². The standard InChI is InChI=1S/C11H21N3O4.C9H11NO2.C6H14N2O2.C5H9NO2/c12-6-2-1-3-7(10(15)16)13-9-5-4-8(14-9)11(17)18;10-8(9(11)12)6-7-4-2-1-3-5-7;7-4-2-1-3-5(8)6(9)10;7-5(8)4-2-1-3-6-4/h7-9,13-14H,1-6,12H2,(H,15,16)(H,17,18);1-5,8H,6,10H2,(H,11,12);5H,1-4,7-8H2,(H,9,10);4,6H,1-3H2,(H,7,8)/t7-,8-,9?;8-;5-;4-/m0000/s1. The number of hydrogen-bond donors (Lipinski definition) is 12. The van der Waals surface area contributed by atoms with Gasteiger partial charge in [-0.15, -0.1) is 0 Å². The van der Waals surface area contributed by atoms with E-state index in [1.165, 1.54) is 0 Å². The molecule has 3 rings (SSSR count). The van der Waals surface area contributed by atoms with Gasteiger partial charge in [-0.3, -0.25) is 34.6 Å². The second-order valence-electron chi connectivity index (χ2n) is 11.4. The molecular weight excluding hydrogens is 630 g/mol. The lowest BCUT2D eigenvalue weighted by atomic mass is 10.1. The zero-order chi connectivity index (χ0) is 36.5. The molecular formula is C31H55N7O10. The maximum Gasteiger partial charge on any atom is 0.320 e. The van der Waals surface area contributed by atoms with Gasteiger partial charge in [0.2, 0.25) is 0 Å². The summed E-state index contributed by atoms with van der Waals surface area (Å²) in [4.78, 5) is 52.5. The molecule has 17 nitrogen and oxygen atoms in total. The van der Waals surface area contributed by atoms with Gasteiger partial charge in [0.1, 0.15) is 30.2 Å². The van der Waals surface area contributed by atoms with Crippen LogP contribution in [0, 0.1) is 0 Å². The summed E-state index contributed by atoms with van der Waals surface area (Å²) in [7, 11) is 0. The molecule has 2 aliphatic rings. The maximum atomic E-state index is 11.1. The lowest BCUT2D eigenvalue weighted by Crippen LogP contribution is -2.50. The van der Waals surface area contributed by atoms with Crippen molar-refractivity contribution in [2.24, 2.45) is 22.9 Å². The highest BCUT2D eigenvalue weighted by Gasteiger charge is 2.31. The summed E-state index contributed by atoms with van der Waals surface area (Å²) in [6, 6.07) is 6.33. The third-order valence-corrected chi connectivity index (χ3v) is 7.35. The molecule has 2 heterocycles. The number of nitrogens with one attached hydrogen (secondary N) is 3. The predicted octanol–water partition coefficient (Wildman–Crippen LogP) is -0.688. The van der Waals surface area contributed by atoms with E-state index in [1.807, 2.05) is 30.3 Å². The molecule has 0 saturated carbocycles. The summed E-state index contributed by atoms with van der Waals surface area (Å²) in [5, 5.41) is 51.8. The van der Waals surface area contributed by atoms with Crippen molar-refractivity contribution in [1.29, 1.82) is 0 Å². The van der Waals surface area contributed by atoms with Crippen LogP contribution in [-0.2, 0) is 30.4 Å². The summed E-state index contributed by atoms with van der Waals surface area (Å²) in [6.45, 7) is 2.01. The van der Waals surface area contributed by atoms with Gasteiger partial charge in [0, 0.05) is 0 Å². The molecule has 16 N–H and O–H groups in total. The Morgan fingerprint density at radius 1 is 0.729 bits per heavy atom. The zero-order valence-electron chi connectivity index (χ0n) is 27.3. The number of unbranched alkanes of at least 4 members (excludes halogenated alkanes) is 2. The second kappa shape index (κ2) is 26.3. The normalized spacial score (nSPS) is 19.9. The highest BCUT2D eigenvalue weighted by molar-refractivity contribution is 5.75. The Morgan fingerprint density at radius 2 is 1.29 bits per heavy atom. The van der Waals surface area contributed by atoms with Crippen LogP contribution >= 0.6 is 0 Å². The van der Waals surface area contributed by atoms with Gasteiger partial charge < -0.3 is 53.8 Å². The molecule has 17 heteroatoms. The number of aliphatic carboxylic acids is 5. The van der Waals surface area contributed by atoms with E-state index in [1.54, 1.807) is 0 Å². The van der Waals surface area contributed by atoms with Gasteiger partial charge in [-0.2, -0.15) is 0 Å². The van der Waals surface area contributed by atoms with Gasteiger partial charge in [-0.05, 0) is 83.0 Å². The second-order valence-corrected chi connectivity index (χ2v) is 11.4. The Kier molecular flexibility index (Phi) is 24.2. The van der Waals surface area contributed by atoms with Gasteiger partial charge >= 0.3 is 29.8 Å². The number of benzene rings is 1. The smallest absolute Gasteiger partial charge is 0.320 e. The largest absolute Gasteiger partial charge is 0.480 e. The third-order valence-electron chi connectivity index (χ3n) is 7.35. The van der Waals surface area contributed by atoms with Crippen LogP contribution in [0.15, 0.2) is 30.3 Å². The van der Waals surface area contributed by atoms with Gasteiger partial charge in [0.15, 0.2) is 0 Å². The number of carboxylic acid groups (broad SMARTS) is 5. The van der Waals surface area contributed by atoms with Gasteiger partial charge in [0.25, 0.3) is 0 Å². The highest BCUT2D eigenvalue weighted by Crippen LogP contribution is 2.12. The van der Waals surface area contributed by atoms with Crippen LogP contribution in [0.3, 0.4) is 0 Å². The fourth-order valence-electron chi connectivity index (χ4n) is 4.57. The van der Waals surface area contributed by atoms with Crippen molar-refractivity contribution in [2.45, 2.75) is 107 Å². The predicted molar refractivity (Wildman–Crippen MR) is 178 cm³/mol. The van der Waals surface area contributed by atoms with Crippen LogP contribution in [0.5, 0.6) is 0 Å². The van der Waals surface area contributed by atoms with E-state index in [0.29, 0.717) is 45.2 Å². The molecule has 0 aliphatic carbocycles. The van der Waals surface area contributed by atoms with E-state index in [-0.39, 0.29) is 12.2 Å². The van der Waals surface area contributed by atoms with Crippen LogP contribution in [-0.4, -0.2) is 111 Å². The minimum absolute atomic E-state index is 0.245. The fraction of sp³-hybridized carbons (Fsp3) is 0.645. The summed E-state index contributed by atoms with van der Waals surface area (Å²) in [6.07, 6.45) is 7.27. The molecule has 0 amide bonds. The van der Waals surface area contributed by atoms with E-state index in [2.05, 4.69) is 16.0 Å². The molecule has 0 spiro atoms. The molecule has 6 atom stereocenters. The molecule has 0 bridgehead atoms. The SMILES string of the molecule is NCCCC[C@H](N)C(=O)O.NCCCC[C@H](NC1CC[C@@H](C(=O)O)N1)C(=O)O.N[C@@H](Cc1ccccc1)C(=O)O.O=C(O)[C@@H]1CCCN1. The average Bonchev–Trinajstić information content (AvgIpc) is 3.76. The summed E-state index contributed by atoms with van der Waals surface area (Å²) in [5.41, 5.74) is 22.1. The summed E-state index contributed by atoms with van der Waals surface area (Å²) >= 11 is 0. The molecule has 2 saturated heterocycles. The van der Waals surface area contributed by atoms with Gasteiger partial charge in [0.05, 0.1) is 6.17 Å². The van der Waals surface area contributed by atoms with E-state index in [4.69, 9.17) is 48.5 Å². The first-order chi connectivity index (χ1) is 22.7. The first-order valence-electron chi connectivity index (χ1n) is 16.1. The van der Waals surface area contributed by atoms with Crippen molar-refractivity contribution in [1.82, 2.24) is 16.0 Å². The molecule has 48 heavy (non-hydrogen) atoms. The molecule has 1 aromatic carbocycles. The van der Waals surface area contributed by atoms with Crippen molar-refractivity contribution in [3.05, 3.63) is 35.9 Å². The van der Waals surface area contributed by atoms with Crippen LogP contribution in [0.25, 0.3) is 0 Å². The quantitative estimate of drug-likeness (QED) is 0.0903. The van der Waals surface area contributed by atoms with Crippen molar-refractivity contribution < 1.29 is 49.5 Å². The molecule has 2 aliphatic heterocycles. The maximum absolute atomic E-state index is 11.1. The van der Waals surface area contributed by atoms with E-state index >= 15 is 0 Å². The topological polar surface area (TPSA) is 327 Å². The third kappa shape index (κ3) is 21.2. The average molecular weight is 686 g/mol. The number of nitrogens with two attached hydrogens (primary N) is 4. The molecule has 1 aromatic rings. The van der Waals surface area contributed by atoms with Crippen molar-refractivity contribution in [2.75, 3.05) is 19.6 Å². The van der Waals surface area contributed by atoms with Crippen molar-refractivity contribution >= 4 is 29.8 Å². The van der Waals surface area contributed by atoms with Crippen LogP contribution in [0.4, 0.5) is 0 Å². The summed E-state index contributed by atoms with van der Waals surface area (Å²) < 4.78 is 0. The Hall–Kier alpha value is -3.71. The first-order valence-corrected chi connectivity index (χ1v) is 16.1. The number of carbonyl (C=O) groups is 5. The zero-order valence-corrected chi connectivity index (χ0v) is 27.3. The Labute approximate surface area is 280 Å². The first kappa shape index (κ1) is 44.3. The number of rotatable bonds is 17. The lowest BCUT2D eigenvalue weighted by molar-refractivity contribution is -0.140. The minimum atomic E-state index is -0.959. The lowest BCUT2D eigenvalue weighted by Gasteiger charge is -2.20. The van der Waals surface area contributed by atoms with Crippen LogP contribution < -0.4 is 38.9 Å². The monoisotopic (exact) mass is 685 g/mol. The van der Waals surface area contributed by atoms with Gasteiger partial charge in [-0.25, -0.2) is 0 Å². The number of carboxylic acids is 5. The summed E-state index contributed by atoms with van der Waals surface area (Å²) in [5.74, 6) is -4.42. The fourth-order valence-corrected chi connectivity index (χ4v) is 4.57. The van der Waals surface area contributed by atoms with Crippen molar-refractivity contribution in [3.63, 3.8) is 0 Å².